The first-order chi connectivity index (χ1) is 12.0. The number of primary amides is 1. The molecule has 0 aromatic carbocycles. The number of rotatable bonds is 9. The van der Waals surface area contributed by atoms with E-state index in [1.165, 1.54) is 0 Å². The van der Waals surface area contributed by atoms with Gasteiger partial charge in [-0.25, -0.2) is 4.68 Å². The molecule has 0 aliphatic carbocycles. The van der Waals surface area contributed by atoms with Crippen LogP contribution in [0.15, 0.2) is 6.20 Å². The lowest BCUT2D eigenvalue weighted by molar-refractivity contribution is -0.270. The molecule has 2 rings (SSSR count). The summed E-state index contributed by atoms with van der Waals surface area (Å²) in [5, 5.41) is 39.9. The van der Waals surface area contributed by atoms with Gasteiger partial charge in [0.2, 0.25) is 5.91 Å². The lowest BCUT2D eigenvalue weighted by Crippen LogP contribution is -2.63. The van der Waals surface area contributed by atoms with Crippen LogP contribution in [-0.4, -0.2) is 87.1 Å². The molecule has 5 atom stereocenters. The van der Waals surface area contributed by atoms with Crippen molar-refractivity contribution in [3.05, 3.63) is 11.9 Å². The van der Waals surface area contributed by atoms with Gasteiger partial charge in [-0.2, -0.15) is 0 Å². The summed E-state index contributed by atoms with van der Waals surface area (Å²) in [6.07, 6.45) is -1.77. The number of hydrogen-bond donors (Lipinski definition) is 5. The monoisotopic (exact) mass is 359 g/mol. The Hall–Kier alpha value is -1.63. The number of aliphatic hydroxyl groups is 3. The number of hydrogen-bond acceptors (Lipinski definition) is 9. The lowest BCUT2D eigenvalue weighted by Gasteiger charge is -2.41. The largest absolute Gasteiger partial charge is 0.394 e. The Kier molecular flexibility index (Phi) is 7.23. The van der Waals surface area contributed by atoms with Gasteiger partial charge in [-0.3, -0.25) is 4.79 Å². The van der Waals surface area contributed by atoms with Gasteiger partial charge in [-0.1, -0.05) is 5.21 Å². The van der Waals surface area contributed by atoms with E-state index < -0.39 is 43.2 Å². The molecule has 0 spiro atoms. The molecule has 0 radical (unpaired) electrons. The van der Waals surface area contributed by atoms with Crippen LogP contribution < -0.4 is 11.1 Å². The van der Waals surface area contributed by atoms with Crippen molar-refractivity contribution in [1.82, 2.24) is 20.3 Å². The second-order valence-electron chi connectivity index (χ2n) is 5.83. The molecule has 1 fully saturated rings. The number of carbonyl (C=O) groups is 1. The number of amides is 1. The molecule has 1 amide bonds. The maximum Gasteiger partial charge on any atom is 0.217 e. The fraction of sp³-hybridized carbons (Fsp3) is 0.786. The van der Waals surface area contributed by atoms with E-state index in [9.17, 15) is 20.1 Å². The first-order valence-corrected chi connectivity index (χ1v) is 8.05. The van der Waals surface area contributed by atoms with Gasteiger partial charge in [0, 0.05) is 19.0 Å². The molecule has 25 heavy (non-hydrogen) atoms. The lowest BCUT2D eigenvalue weighted by atomic mass is 9.97. The quantitative estimate of drug-likeness (QED) is 0.304. The molecule has 5 unspecified atom stereocenters. The summed E-state index contributed by atoms with van der Waals surface area (Å²) in [6.45, 7) is 0.158. The molecule has 142 valence electrons. The summed E-state index contributed by atoms with van der Waals surface area (Å²) < 4.78 is 12.7. The number of carbonyl (C=O) groups excluding carboxylic acids is 1. The summed E-state index contributed by atoms with van der Waals surface area (Å²) in [6, 6.07) is -0.639. The zero-order valence-corrected chi connectivity index (χ0v) is 14.0. The second-order valence-corrected chi connectivity index (χ2v) is 5.83. The Morgan fingerprint density at radius 2 is 2.24 bits per heavy atom. The van der Waals surface area contributed by atoms with Gasteiger partial charge < -0.3 is 35.8 Å². The fourth-order valence-electron chi connectivity index (χ4n) is 2.61. The van der Waals surface area contributed by atoms with Crippen molar-refractivity contribution >= 4 is 5.91 Å². The number of likely N-dealkylation sites (N-methyl/N-ethyl adjacent to an activating group) is 1. The highest BCUT2D eigenvalue weighted by atomic mass is 16.7. The minimum atomic E-state index is -1.20. The Labute approximate surface area is 144 Å². The summed E-state index contributed by atoms with van der Waals surface area (Å²) in [4.78, 5) is 10.8. The Morgan fingerprint density at radius 1 is 1.48 bits per heavy atom. The molecular weight excluding hydrogens is 334 g/mol. The van der Waals surface area contributed by atoms with Crippen molar-refractivity contribution in [1.29, 1.82) is 0 Å². The highest BCUT2D eigenvalue weighted by Gasteiger charge is 2.44. The van der Waals surface area contributed by atoms with Crippen molar-refractivity contribution in [2.45, 2.75) is 50.0 Å². The third-order valence-corrected chi connectivity index (χ3v) is 4.03. The SMILES string of the molecule is CNC1C(OCCn2cc(CCC(N)=O)nn2)OC(CO)C(O)C1O. The Morgan fingerprint density at radius 3 is 2.88 bits per heavy atom. The maximum atomic E-state index is 10.8. The summed E-state index contributed by atoms with van der Waals surface area (Å²) in [7, 11) is 1.61. The van der Waals surface area contributed by atoms with E-state index in [1.54, 1.807) is 17.9 Å². The fourth-order valence-corrected chi connectivity index (χ4v) is 2.61. The van der Waals surface area contributed by atoms with Crippen molar-refractivity contribution < 1.29 is 29.6 Å². The third kappa shape index (κ3) is 5.17. The van der Waals surface area contributed by atoms with Crippen LogP contribution in [-0.2, 0) is 27.2 Å². The number of aliphatic hydroxyl groups excluding tert-OH is 3. The van der Waals surface area contributed by atoms with Crippen LogP contribution in [0.2, 0.25) is 0 Å². The molecule has 11 nitrogen and oxygen atoms in total. The molecular formula is C14H25N5O6. The van der Waals surface area contributed by atoms with Gasteiger partial charge in [-0.05, 0) is 7.05 Å². The van der Waals surface area contributed by atoms with Gasteiger partial charge in [0.25, 0.3) is 0 Å². The second kappa shape index (κ2) is 9.17. The predicted octanol–water partition coefficient (Wildman–Crippen LogP) is -3.26. The van der Waals surface area contributed by atoms with Crippen LogP contribution in [0, 0.1) is 0 Å². The van der Waals surface area contributed by atoms with Gasteiger partial charge in [0.05, 0.1) is 31.5 Å². The normalized spacial score (nSPS) is 29.7. The van der Waals surface area contributed by atoms with E-state index in [0.29, 0.717) is 18.7 Å². The van der Waals surface area contributed by atoms with Crippen molar-refractivity contribution in [3.8, 4) is 0 Å². The van der Waals surface area contributed by atoms with Crippen molar-refractivity contribution in [3.63, 3.8) is 0 Å². The molecule has 1 saturated heterocycles. The number of nitrogens with zero attached hydrogens (tertiary/aromatic N) is 3. The summed E-state index contributed by atoms with van der Waals surface area (Å²) in [5.74, 6) is -0.398. The minimum Gasteiger partial charge on any atom is -0.394 e. The standard InChI is InChI=1S/C14H25N5O6/c1-16-11-13(23)12(22)9(7-20)25-14(11)24-5-4-19-6-8(17-18-19)2-3-10(15)21/h6,9,11-14,16,20,22-23H,2-5,7H2,1H3,(H2,15,21). The molecule has 11 heteroatoms. The number of nitrogens with two attached hydrogens (primary N) is 1. The highest BCUT2D eigenvalue weighted by molar-refractivity contribution is 5.73. The summed E-state index contributed by atoms with van der Waals surface area (Å²) in [5.41, 5.74) is 5.74. The predicted molar refractivity (Wildman–Crippen MR) is 84.1 cm³/mol. The van der Waals surface area contributed by atoms with Gasteiger partial charge in [0.1, 0.15) is 18.3 Å². The maximum absolute atomic E-state index is 10.8. The van der Waals surface area contributed by atoms with E-state index >= 15 is 0 Å². The third-order valence-electron chi connectivity index (χ3n) is 4.03. The van der Waals surface area contributed by atoms with E-state index in [-0.39, 0.29) is 13.0 Å². The zero-order chi connectivity index (χ0) is 18.4. The van der Waals surface area contributed by atoms with E-state index in [1.807, 2.05) is 0 Å². The molecule has 1 aromatic heterocycles. The van der Waals surface area contributed by atoms with Crippen molar-refractivity contribution in [2.75, 3.05) is 20.3 Å². The average molecular weight is 359 g/mol. The van der Waals surface area contributed by atoms with Gasteiger partial charge in [0.15, 0.2) is 6.29 Å². The van der Waals surface area contributed by atoms with Crippen molar-refractivity contribution in [2.24, 2.45) is 5.73 Å². The molecule has 1 aliphatic heterocycles. The molecule has 0 saturated carbocycles. The Balaban J connectivity index is 1.84. The average Bonchev–Trinajstić information content (AvgIpc) is 3.04. The van der Waals surface area contributed by atoms with Crippen LogP contribution in [0.25, 0.3) is 0 Å². The van der Waals surface area contributed by atoms with Crippen LogP contribution in [0.3, 0.4) is 0 Å². The number of aromatic nitrogens is 3. The number of aryl methyl sites for hydroxylation is 1. The minimum absolute atomic E-state index is 0.206. The summed E-state index contributed by atoms with van der Waals surface area (Å²) >= 11 is 0. The molecule has 1 aromatic rings. The molecule has 6 N–H and O–H groups in total. The van der Waals surface area contributed by atoms with E-state index in [2.05, 4.69) is 15.6 Å². The first kappa shape index (κ1) is 19.7. The topological polar surface area (TPSA) is 165 Å². The first-order valence-electron chi connectivity index (χ1n) is 8.05. The molecule has 2 heterocycles. The van der Waals surface area contributed by atoms with Gasteiger partial charge in [-0.15, -0.1) is 5.10 Å². The molecule has 0 bridgehead atoms. The van der Waals surface area contributed by atoms with Gasteiger partial charge >= 0.3 is 0 Å². The number of nitrogens with one attached hydrogen (secondary N) is 1. The number of ether oxygens (including phenoxy) is 2. The highest BCUT2D eigenvalue weighted by Crippen LogP contribution is 2.21. The van der Waals surface area contributed by atoms with Crippen LogP contribution in [0.5, 0.6) is 0 Å². The molecule has 1 aliphatic rings. The van der Waals surface area contributed by atoms with E-state index in [4.69, 9.17) is 15.2 Å². The zero-order valence-electron chi connectivity index (χ0n) is 14.0. The Bertz CT molecular complexity index is 556. The van der Waals surface area contributed by atoms with Crippen LogP contribution >= 0.6 is 0 Å². The smallest absolute Gasteiger partial charge is 0.217 e. The van der Waals surface area contributed by atoms with Crippen LogP contribution in [0.4, 0.5) is 0 Å². The van der Waals surface area contributed by atoms with E-state index in [0.717, 1.165) is 0 Å². The van der Waals surface area contributed by atoms with Crippen LogP contribution in [0.1, 0.15) is 12.1 Å².